The molecule has 124 valence electrons. The Bertz CT molecular complexity index is 1420. The van der Waals surface area contributed by atoms with Crippen LogP contribution in [0.5, 0.6) is 0 Å². The molecule has 1 nitrogen and oxygen atoms in total. The van der Waals surface area contributed by atoms with E-state index in [0.29, 0.717) is 0 Å². The number of fused-ring (bicyclic) bond motifs is 6. The normalized spacial score (nSPS) is 12.0. The maximum Gasteiger partial charge on any atom is 0.124 e. The molecule has 3 heterocycles. The molecular weight excluding hydrogens is 374 g/mol. The third-order valence-corrected chi connectivity index (χ3v) is 8.37. The second kappa shape index (κ2) is 5.36. The molecule has 6 aromatic rings. The molecule has 0 amide bonds. The molecule has 3 aromatic heterocycles. The molecule has 6 rings (SSSR count). The molecule has 0 aliphatic carbocycles. The van der Waals surface area contributed by atoms with E-state index in [-0.39, 0.29) is 0 Å². The molecular formula is C22H13NS3. The van der Waals surface area contributed by atoms with E-state index in [2.05, 4.69) is 67.6 Å². The highest BCUT2D eigenvalue weighted by Crippen LogP contribution is 2.45. The molecule has 0 radical (unpaired) electrons. The van der Waals surface area contributed by atoms with Gasteiger partial charge in [-0.15, -0.1) is 34.0 Å². The summed E-state index contributed by atoms with van der Waals surface area (Å²) >= 11 is 5.59. The maximum absolute atomic E-state index is 4.82. The first kappa shape index (κ1) is 14.9. The minimum absolute atomic E-state index is 1.08. The lowest BCUT2D eigenvalue weighted by Gasteiger charge is -1.97. The third-order valence-electron chi connectivity index (χ3n) is 4.78. The molecule has 26 heavy (non-hydrogen) atoms. The number of aromatic nitrogens is 1. The molecule has 0 fully saturated rings. The van der Waals surface area contributed by atoms with Crippen LogP contribution in [-0.2, 0) is 0 Å². The monoisotopic (exact) mass is 387 g/mol. The smallest absolute Gasteiger partial charge is 0.124 e. The molecule has 0 aliphatic rings. The summed E-state index contributed by atoms with van der Waals surface area (Å²) < 4.78 is 6.83. The van der Waals surface area contributed by atoms with Gasteiger partial charge in [0, 0.05) is 25.7 Å². The first-order chi connectivity index (χ1) is 12.8. The van der Waals surface area contributed by atoms with E-state index in [4.69, 9.17) is 4.98 Å². The molecule has 0 spiro atoms. The lowest BCUT2D eigenvalue weighted by atomic mass is 10.1. The van der Waals surface area contributed by atoms with Crippen molar-refractivity contribution in [2.45, 2.75) is 6.92 Å². The summed E-state index contributed by atoms with van der Waals surface area (Å²) in [6.45, 7) is 2.16. The van der Waals surface area contributed by atoms with E-state index in [1.807, 2.05) is 22.7 Å². The first-order valence-electron chi connectivity index (χ1n) is 8.48. The molecule has 4 heteroatoms. The van der Waals surface area contributed by atoms with Crippen LogP contribution in [0, 0.1) is 6.92 Å². The number of hydrogen-bond acceptors (Lipinski definition) is 4. The highest BCUT2D eigenvalue weighted by Gasteiger charge is 2.14. The number of rotatable bonds is 1. The summed E-state index contributed by atoms with van der Waals surface area (Å²) in [5.74, 6) is 0. The maximum atomic E-state index is 4.82. The van der Waals surface area contributed by atoms with Gasteiger partial charge in [0.1, 0.15) is 5.01 Å². The van der Waals surface area contributed by atoms with Crippen molar-refractivity contribution in [3.05, 3.63) is 66.2 Å². The number of benzene rings is 3. The van der Waals surface area contributed by atoms with Gasteiger partial charge in [-0.2, -0.15) is 0 Å². The Morgan fingerprint density at radius 1 is 0.692 bits per heavy atom. The molecule has 0 saturated carbocycles. The highest BCUT2D eigenvalue weighted by atomic mass is 32.1. The fourth-order valence-electron chi connectivity index (χ4n) is 3.49. The van der Waals surface area contributed by atoms with Crippen molar-refractivity contribution in [2.24, 2.45) is 0 Å². The van der Waals surface area contributed by atoms with Crippen LogP contribution in [0.25, 0.3) is 50.4 Å². The van der Waals surface area contributed by atoms with Gasteiger partial charge in [-0.3, -0.25) is 0 Å². The minimum atomic E-state index is 1.08. The van der Waals surface area contributed by atoms with E-state index in [1.165, 1.54) is 45.4 Å². The van der Waals surface area contributed by atoms with Crippen molar-refractivity contribution in [3.8, 4) is 10.6 Å². The summed E-state index contributed by atoms with van der Waals surface area (Å²) in [5, 5.41) is 3.86. The Kier molecular flexibility index (Phi) is 3.06. The van der Waals surface area contributed by atoms with Gasteiger partial charge in [0.2, 0.25) is 0 Å². The van der Waals surface area contributed by atoms with Crippen LogP contribution in [0.4, 0.5) is 0 Å². The van der Waals surface area contributed by atoms with E-state index in [9.17, 15) is 0 Å². The van der Waals surface area contributed by atoms with Crippen molar-refractivity contribution >= 4 is 73.8 Å². The molecule has 0 unspecified atom stereocenters. The Hall–Kier alpha value is -2.27. The average molecular weight is 388 g/mol. The van der Waals surface area contributed by atoms with E-state index < -0.39 is 0 Å². The fourth-order valence-corrected chi connectivity index (χ4v) is 7.24. The number of thiophene rings is 2. The summed E-state index contributed by atoms with van der Waals surface area (Å²) in [6.07, 6.45) is 0. The number of nitrogens with zero attached hydrogens (tertiary/aromatic N) is 1. The van der Waals surface area contributed by atoms with Crippen molar-refractivity contribution in [1.29, 1.82) is 0 Å². The summed E-state index contributed by atoms with van der Waals surface area (Å²) in [4.78, 5) is 4.82. The van der Waals surface area contributed by atoms with Crippen LogP contribution in [0.15, 0.2) is 60.7 Å². The fraction of sp³-hybridized carbons (Fsp3) is 0.0455. The summed E-state index contributed by atoms with van der Waals surface area (Å²) in [7, 11) is 0. The zero-order valence-electron chi connectivity index (χ0n) is 13.9. The number of aryl methyl sites for hydroxylation is 1. The minimum Gasteiger partial charge on any atom is -0.236 e. The number of para-hydroxylation sites is 1. The quantitative estimate of drug-likeness (QED) is 0.280. The number of hydrogen-bond donors (Lipinski definition) is 0. The van der Waals surface area contributed by atoms with Gasteiger partial charge in [0.25, 0.3) is 0 Å². The van der Waals surface area contributed by atoms with Gasteiger partial charge in [-0.1, -0.05) is 36.4 Å². The van der Waals surface area contributed by atoms with Gasteiger partial charge in [-0.05, 0) is 36.8 Å². The van der Waals surface area contributed by atoms with Crippen LogP contribution in [0.1, 0.15) is 5.56 Å². The second-order valence-electron chi connectivity index (χ2n) is 6.56. The van der Waals surface area contributed by atoms with Gasteiger partial charge in [0.15, 0.2) is 0 Å². The second-order valence-corrected chi connectivity index (χ2v) is 9.69. The Morgan fingerprint density at radius 2 is 1.42 bits per heavy atom. The molecule has 0 saturated heterocycles. The Morgan fingerprint density at radius 3 is 2.23 bits per heavy atom. The van der Waals surface area contributed by atoms with E-state index in [1.54, 1.807) is 11.3 Å². The number of thiazole rings is 1. The van der Waals surface area contributed by atoms with Gasteiger partial charge >= 0.3 is 0 Å². The van der Waals surface area contributed by atoms with Crippen LogP contribution >= 0.6 is 34.0 Å². The zero-order valence-corrected chi connectivity index (χ0v) is 16.4. The first-order valence-corrected chi connectivity index (χ1v) is 10.9. The van der Waals surface area contributed by atoms with Crippen molar-refractivity contribution in [2.75, 3.05) is 0 Å². The predicted octanol–water partition coefficient (Wildman–Crippen LogP) is 7.85. The van der Waals surface area contributed by atoms with Crippen LogP contribution in [0.2, 0.25) is 0 Å². The molecule has 0 atom stereocenters. The van der Waals surface area contributed by atoms with E-state index >= 15 is 0 Å². The van der Waals surface area contributed by atoms with Crippen molar-refractivity contribution < 1.29 is 0 Å². The average Bonchev–Trinajstić information content (AvgIpc) is 3.31. The lowest BCUT2D eigenvalue weighted by Crippen LogP contribution is -1.74. The lowest BCUT2D eigenvalue weighted by molar-refractivity contribution is 1.49. The largest absolute Gasteiger partial charge is 0.236 e. The third kappa shape index (κ3) is 2.10. The molecule has 0 N–H and O–H groups in total. The zero-order chi connectivity index (χ0) is 17.3. The Labute approximate surface area is 162 Å². The SMILES string of the molecule is Cc1ccc2c(c1)sc1c3ccc(-c4nc5ccccc5s4)cc3sc21. The highest BCUT2D eigenvalue weighted by molar-refractivity contribution is 7.36. The topological polar surface area (TPSA) is 12.9 Å². The molecule has 0 aliphatic heterocycles. The predicted molar refractivity (Wildman–Crippen MR) is 118 cm³/mol. The van der Waals surface area contributed by atoms with Crippen LogP contribution < -0.4 is 0 Å². The van der Waals surface area contributed by atoms with Crippen LogP contribution in [-0.4, -0.2) is 4.98 Å². The van der Waals surface area contributed by atoms with Crippen molar-refractivity contribution in [3.63, 3.8) is 0 Å². The van der Waals surface area contributed by atoms with Gasteiger partial charge < -0.3 is 0 Å². The molecule has 0 bridgehead atoms. The summed E-state index contributed by atoms with van der Waals surface area (Å²) in [5.41, 5.74) is 3.63. The summed E-state index contributed by atoms with van der Waals surface area (Å²) in [6, 6.07) is 22.0. The van der Waals surface area contributed by atoms with Crippen molar-refractivity contribution in [1.82, 2.24) is 4.98 Å². The van der Waals surface area contributed by atoms with Crippen LogP contribution in [0.3, 0.4) is 0 Å². The standard InChI is InChI=1S/C22H13NS3/c1-12-6-8-14-18(10-12)24-21-15-9-7-13(11-19(15)25-20(14)21)22-23-16-4-2-3-5-17(16)26-22/h2-11H,1H3. The van der Waals surface area contributed by atoms with Gasteiger partial charge in [-0.25, -0.2) is 4.98 Å². The van der Waals surface area contributed by atoms with E-state index in [0.717, 1.165) is 10.5 Å². The molecule has 3 aromatic carbocycles. The Balaban J connectivity index is 1.59. The van der Waals surface area contributed by atoms with Gasteiger partial charge in [0.05, 0.1) is 19.6 Å².